The molecule has 0 aromatic carbocycles. The molecule has 4 saturated carbocycles. The highest BCUT2D eigenvalue weighted by molar-refractivity contribution is 5.85. The fourth-order valence-electron chi connectivity index (χ4n) is 5.87. The smallest absolute Gasteiger partial charge is 0.231 e. The van der Waals surface area contributed by atoms with Crippen LogP contribution < -0.4 is 5.32 Å². The highest BCUT2D eigenvalue weighted by Gasteiger charge is 2.53. The summed E-state index contributed by atoms with van der Waals surface area (Å²) in [6.07, 6.45) is 9.51. The van der Waals surface area contributed by atoms with Crippen molar-refractivity contribution >= 4 is 12.4 Å². The molecule has 4 nitrogen and oxygen atoms in total. The van der Waals surface area contributed by atoms with Gasteiger partial charge in [-0.2, -0.15) is 4.98 Å². The lowest BCUT2D eigenvalue weighted by atomic mass is 9.49. The lowest BCUT2D eigenvalue weighted by Crippen LogP contribution is -2.49. The zero-order valence-electron chi connectivity index (χ0n) is 12.4. The van der Waals surface area contributed by atoms with Crippen molar-refractivity contribution in [3.05, 3.63) is 11.7 Å². The topological polar surface area (TPSA) is 51.0 Å². The monoisotopic (exact) mass is 309 g/mol. The number of nitrogens with one attached hydrogen (secondary N) is 1. The van der Waals surface area contributed by atoms with Gasteiger partial charge in [-0.25, -0.2) is 0 Å². The largest absolute Gasteiger partial charge is 0.339 e. The predicted molar refractivity (Wildman–Crippen MR) is 81.6 cm³/mol. The molecule has 116 valence electrons. The van der Waals surface area contributed by atoms with Crippen molar-refractivity contribution in [1.29, 1.82) is 0 Å². The summed E-state index contributed by atoms with van der Waals surface area (Å²) >= 11 is 0. The second-order valence-corrected chi connectivity index (χ2v) is 7.84. The van der Waals surface area contributed by atoms with E-state index in [0.717, 1.165) is 49.0 Å². The normalized spacial score (nSPS) is 44.0. The second-order valence-electron chi connectivity index (χ2n) is 7.84. The molecule has 1 N–H and O–H groups in total. The van der Waals surface area contributed by atoms with Crippen LogP contribution in [-0.4, -0.2) is 23.2 Å². The van der Waals surface area contributed by atoms with Crippen LogP contribution in [0.3, 0.4) is 0 Å². The molecule has 1 aromatic heterocycles. The van der Waals surface area contributed by atoms with Gasteiger partial charge in [0.1, 0.15) is 0 Å². The maximum absolute atomic E-state index is 5.64. The minimum absolute atomic E-state index is 0. The summed E-state index contributed by atoms with van der Waals surface area (Å²) in [5.74, 6) is 5.22. The van der Waals surface area contributed by atoms with Gasteiger partial charge in [0.15, 0.2) is 5.82 Å². The number of rotatable bonds is 2. The van der Waals surface area contributed by atoms with E-state index in [4.69, 9.17) is 9.51 Å². The van der Waals surface area contributed by atoms with Crippen molar-refractivity contribution in [1.82, 2.24) is 15.5 Å². The first-order valence-corrected chi connectivity index (χ1v) is 8.35. The lowest BCUT2D eigenvalue weighted by molar-refractivity contribution is -0.0103. The van der Waals surface area contributed by atoms with Crippen molar-refractivity contribution in [2.75, 3.05) is 13.1 Å². The third-order valence-corrected chi connectivity index (χ3v) is 6.36. The van der Waals surface area contributed by atoms with Gasteiger partial charge in [0, 0.05) is 12.0 Å². The minimum Gasteiger partial charge on any atom is -0.339 e. The Bertz CT molecular complexity index is 488. The Labute approximate surface area is 131 Å². The van der Waals surface area contributed by atoms with Crippen molar-refractivity contribution in [3.63, 3.8) is 0 Å². The summed E-state index contributed by atoms with van der Waals surface area (Å²) < 4.78 is 5.64. The van der Waals surface area contributed by atoms with Crippen LogP contribution in [0.4, 0.5) is 0 Å². The average molecular weight is 310 g/mol. The Morgan fingerprint density at radius 2 is 1.71 bits per heavy atom. The molecule has 4 bridgehead atoms. The quantitative estimate of drug-likeness (QED) is 0.912. The fourth-order valence-corrected chi connectivity index (χ4v) is 5.87. The molecule has 5 fully saturated rings. The summed E-state index contributed by atoms with van der Waals surface area (Å²) in [5, 5.41) is 7.82. The zero-order chi connectivity index (χ0) is 13.2. The standard InChI is InChI=1S/C16H23N3O.ClH/c1-2-17-9-13(1)14-18-15(19-20-14)16-6-10-3-11(7-16)5-12(4-10)8-16;/h10-13,17H,1-9H2;1H. The van der Waals surface area contributed by atoms with E-state index < -0.39 is 0 Å². The van der Waals surface area contributed by atoms with Crippen LogP contribution in [0.15, 0.2) is 4.52 Å². The molecule has 5 heteroatoms. The number of halogens is 1. The van der Waals surface area contributed by atoms with E-state index >= 15 is 0 Å². The van der Waals surface area contributed by atoms with E-state index in [9.17, 15) is 0 Å². The highest BCUT2D eigenvalue weighted by Crippen LogP contribution is 2.60. The molecule has 21 heavy (non-hydrogen) atoms. The van der Waals surface area contributed by atoms with Gasteiger partial charge in [-0.15, -0.1) is 12.4 Å². The average Bonchev–Trinajstić information content (AvgIpc) is 3.09. The highest BCUT2D eigenvalue weighted by atomic mass is 35.5. The van der Waals surface area contributed by atoms with E-state index in [1.807, 2.05) is 0 Å². The van der Waals surface area contributed by atoms with E-state index in [2.05, 4.69) is 10.5 Å². The maximum Gasteiger partial charge on any atom is 0.231 e. The van der Waals surface area contributed by atoms with Crippen LogP contribution >= 0.6 is 12.4 Å². The van der Waals surface area contributed by atoms with Crippen LogP contribution in [0.5, 0.6) is 0 Å². The fraction of sp³-hybridized carbons (Fsp3) is 0.875. The van der Waals surface area contributed by atoms with Crippen molar-refractivity contribution in [2.24, 2.45) is 17.8 Å². The molecule has 4 aliphatic carbocycles. The van der Waals surface area contributed by atoms with E-state index in [1.54, 1.807) is 0 Å². The molecule has 1 atom stereocenters. The van der Waals surface area contributed by atoms with Gasteiger partial charge in [-0.3, -0.25) is 0 Å². The van der Waals surface area contributed by atoms with Gasteiger partial charge < -0.3 is 9.84 Å². The number of hydrogen-bond acceptors (Lipinski definition) is 4. The van der Waals surface area contributed by atoms with Crippen molar-refractivity contribution in [3.8, 4) is 0 Å². The molecule has 5 aliphatic rings. The van der Waals surface area contributed by atoms with Crippen molar-refractivity contribution in [2.45, 2.75) is 56.3 Å². The van der Waals surface area contributed by atoms with Crippen molar-refractivity contribution < 1.29 is 4.52 Å². The van der Waals surface area contributed by atoms with Gasteiger partial charge in [-0.1, -0.05) is 5.16 Å². The molecule has 1 saturated heterocycles. The van der Waals surface area contributed by atoms with Crippen LogP contribution in [-0.2, 0) is 5.41 Å². The Morgan fingerprint density at radius 3 is 2.29 bits per heavy atom. The Kier molecular flexibility index (Phi) is 3.30. The van der Waals surface area contributed by atoms with Gasteiger partial charge in [0.05, 0.1) is 5.92 Å². The molecular weight excluding hydrogens is 286 g/mol. The first-order chi connectivity index (χ1) is 9.81. The van der Waals surface area contributed by atoms with Gasteiger partial charge in [-0.05, 0) is 69.2 Å². The third-order valence-electron chi connectivity index (χ3n) is 6.36. The summed E-state index contributed by atoms with van der Waals surface area (Å²) in [4.78, 5) is 4.86. The van der Waals surface area contributed by atoms with Crippen LogP contribution in [0.25, 0.3) is 0 Å². The molecule has 0 amide bonds. The lowest BCUT2D eigenvalue weighted by Gasteiger charge is -2.55. The molecule has 0 radical (unpaired) electrons. The van der Waals surface area contributed by atoms with Crippen LogP contribution in [0.2, 0.25) is 0 Å². The molecule has 6 rings (SSSR count). The van der Waals surface area contributed by atoms with E-state index in [-0.39, 0.29) is 17.8 Å². The Hall–Kier alpha value is -0.610. The summed E-state index contributed by atoms with van der Waals surface area (Å²) in [6.45, 7) is 2.09. The zero-order valence-corrected chi connectivity index (χ0v) is 13.2. The second kappa shape index (κ2) is 4.95. The van der Waals surface area contributed by atoms with E-state index in [1.165, 1.54) is 38.5 Å². The summed E-state index contributed by atoms with van der Waals surface area (Å²) in [6, 6.07) is 0. The first-order valence-electron chi connectivity index (χ1n) is 8.35. The minimum atomic E-state index is 0. The Morgan fingerprint density at radius 1 is 1.05 bits per heavy atom. The van der Waals surface area contributed by atoms with Gasteiger partial charge in [0.25, 0.3) is 0 Å². The van der Waals surface area contributed by atoms with E-state index in [0.29, 0.717) is 5.92 Å². The van der Waals surface area contributed by atoms with Crippen LogP contribution in [0.1, 0.15) is 62.6 Å². The third kappa shape index (κ3) is 2.14. The molecule has 2 heterocycles. The maximum atomic E-state index is 5.64. The first kappa shape index (κ1) is 14.0. The molecule has 0 spiro atoms. The van der Waals surface area contributed by atoms with Gasteiger partial charge >= 0.3 is 0 Å². The number of hydrogen-bond donors (Lipinski definition) is 1. The predicted octanol–water partition coefficient (Wildman–Crippen LogP) is 3.04. The molecule has 1 aliphatic heterocycles. The summed E-state index contributed by atoms with van der Waals surface area (Å²) in [7, 11) is 0. The molecule has 1 aromatic rings. The molecule has 1 unspecified atom stereocenters. The van der Waals surface area contributed by atoms with Gasteiger partial charge in [0.2, 0.25) is 5.89 Å². The van der Waals surface area contributed by atoms with Crippen LogP contribution in [0, 0.1) is 17.8 Å². The molecular formula is C16H24ClN3O. The SMILES string of the molecule is C1CC(c2nc(C34CC5CC(CC(C5)C3)C4)no2)CN1.Cl. The Balaban J connectivity index is 0.00000115. The number of aromatic nitrogens is 2. The number of nitrogens with zero attached hydrogens (tertiary/aromatic N) is 2. The summed E-state index contributed by atoms with van der Waals surface area (Å²) in [5.41, 5.74) is 0.280.